The Balaban J connectivity index is 2.04. The number of carbonyl (C=O) groups is 1. The van der Waals surface area contributed by atoms with Crippen LogP contribution in [0.5, 0.6) is 0 Å². The van der Waals surface area contributed by atoms with E-state index in [0.717, 1.165) is 30.0 Å². The molecule has 0 saturated carbocycles. The van der Waals surface area contributed by atoms with Gasteiger partial charge in [0.25, 0.3) is 0 Å². The van der Waals surface area contributed by atoms with Crippen molar-refractivity contribution in [2.75, 3.05) is 18.0 Å². The molecular formula is C18H20N2O3. The third-order valence-corrected chi connectivity index (χ3v) is 4.34. The van der Waals surface area contributed by atoms with E-state index in [0.29, 0.717) is 18.4 Å². The lowest BCUT2D eigenvalue weighted by Gasteiger charge is -2.31. The molecule has 1 aliphatic heterocycles. The maximum atomic E-state index is 11.6. The molecule has 0 aliphatic carbocycles. The van der Waals surface area contributed by atoms with Crippen LogP contribution in [0.25, 0.3) is 11.1 Å². The van der Waals surface area contributed by atoms with E-state index in [1.807, 2.05) is 37.3 Å². The Morgan fingerprint density at radius 1 is 1.22 bits per heavy atom. The van der Waals surface area contributed by atoms with Gasteiger partial charge in [-0.3, -0.25) is 0 Å². The van der Waals surface area contributed by atoms with Gasteiger partial charge < -0.3 is 15.1 Å². The summed E-state index contributed by atoms with van der Waals surface area (Å²) in [4.78, 5) is 18.0. The summed E-state index contributed by atoms with van der Waals surface area (Å²) in [5.74, 6) is -0.212. The zero-order valence-corrected chi connectivity index (χ0v) is 13.1. The van der Waals surface area contributed by atoms with Crippen LogP contribution in [-0.4, -0.2) is 40.4 Å². The number of rotatable bonds is 3. The number of carboxylic acid groups (broad SMARTS) is 1. The van der Waals surface area contributed by atoms with Crippen molar-refractivity contribution in [3.05, 3.63) is 47.7 Å². The molecule has 0 atom stereocenters. The lowest BCUT2D eigenvalue weighted by Crippen LogP contribution is -2.36. The summed E-state index contributed by atoms with van der Waals surface area (Å²) in [6, 6.07) is 9.60. The number of aryl methyl sites for hydroxylation is 1. The van der Waals surface area contributed by atoms with Crippen LogP contribution in [0.3, 0.4) is 0 Å². The molecule has 2 N–H and O–H groups in total. The topological polar surface area (TPSA) is 73.7 Å². The van der Waals surface area contributed by atoms with Gasteiger partial charge in [-0.25, -0.2) is 9.78 Å². The van der Waals surface area contributed by atoms with E-state index in [9.17, 15) is 15.0 Å². The molecule has 1 fully saturated rings. The van der Waals surface area contributed by atoms with Crippen LogP contribution in [0.1, 0.15) is 28.8 Å². The van der Waals surface area contributed by atoms with Gasteiger partial charge in [-0.1, -0.05) is 24.3 Å². The van der Waals surface area contributed by atoms with Crippen molar-refractivity contribution in [1.29, 1.82) is 0 Å². The number of benzene rings is 1. The van der Waals surface area contributed by atoms with Gasteiger partial charge in [0.2, 0.25) is 0 Å². The second-order valence-corrected chi connectivity index (χ2v) is 5.93. The van der Waals surface area contributed by atoms with Crippen molar-refractivity contribution < 1.29 is 15.0 Å². The zero-order valence-electron chi connectivity index (χ0n) is 13.1. The smallest absolute Gasteiger partial charge is 0.337 e. The Morgan fingerprint density at radius 3 is 2.57 bits per heavy atom. The summed E-state index contributed by atoms with van der Waals surface area (Å²) in [6.07, 6.45) is 2.61. The van der Waals surface area contributed by atoms with E-state index in [1.54, 1.807) is 0 Å². The minimum absolute atomic E-state index is 0.208. The average Bonchev–Trinajstić information content (AvgIpc) is 2.55. The molecule has 0 unspecified atom stereocenters. The Labute approximate surface area is 135 Å². The minimum atomic E-state index is -0.976. The highest BCUT2D eigenvalue weighted by Gasteiger charge is 2.21. The van der Waals surface area contributed by atoms with Crippen LogP contribution in [0, 0.1) is 6.92 Å². The standard InChI is InChI=1S/C18H20N2O3/c1-12-4-2-3-5-14(12)15-10-17(19-11-16(15)18(22)23)20-8-6-13(21)7-9-20/h2-5,10-11,13,21H,6-9H2,1H3,(H,22,23). The summed E-state index contributed by atoms with van der Waals surface area (Å²) in [6.45, 7) is 3.43. The minimum Gasteiger partial charge on any atom is -0.478 e. The normalized spacial score (nSPS) is 15.7. The number of nitrogens with zero attached hydrogens (tertiary/aromatic N) is 2. The molecule has 0 bridgehead atoms. The van der Waals surface area contributed by atoms with Crippen molar-refractivity contribution in [1.82, 2.24) is 4.98 Å². The number of piperidine rings is 1. The summed E-state index contributed by atoms with van der Waals surface area (Å²) in [5, 5.41) is 19.1. The van der Waals surface area contributed by atoms with E-state index in [2.05, 4.69) is 9.88 Å². The summed E-state index contributed by atoms with van der Waals surface area (Å²) < 4.78 is 0. The molecule has 1 saturated heterocycles. The number of carboxylic acids is 1. The van der Waals surface area contributed by atoms with E-state index < -0.39 is 5.97 Å². The summed E-state index contributed by atoms with van der Waals surface area (Å²) in [7, 11) is 0. The number of aromatic nitrogens is 1. The number of hydrogen-bond acceptors (Lipinski definition) is 4. The molecule has 0 radical (unpaired) electrons. The average molecular weight is 312 g/mol. The summed E-state index contributed by atoms with van der Waals surface area (Å²) in [5.41, 5.74) is 2.83. The molecule has 120 valence electrons. The maximum absolute atomic E-state index is 11.6. The fourth-order valence-electron chi connectivity index (χ4n) is 2.98. The van der Waals surface area contributed by atoms with Crippen LogP contribution in [0.15, 0.2) is 36.5 Å². The first kappa shape index (κ1) is 15.5. The van der Waals surface area contributed by atoms with Crippen LogP contribution in [-0.2, 0) is 0 Å². The maximum Gasteiger partial charge on any atom is 0.337 e. The van der Waals surface area contributed by atoms with Gasteiger partial charge in [0.05, 0.1) is 11.7 Å². The lowest BCUT2D eigenvalue weighted by atomic mass is 9.97. The van der Waals surface area contributed by atoms with Crippen LogP contribution >= 0.6 is 0 Å². The molecule has 0 amide bonds. The number of anilines is 1. The SMILES string of the molecule is Cc1ccccc1-c1cc(N2CCC(O)CC2)ncc1C(=O)O. The van der Waals surface area contributed by atoms with E-state index in [-0.39, 0.29) is 11.7 Å². The van der Waals surface area contributed by atoms with Gasteiger partial charge in [-0.2, -0.15) is 0 Å². The largest absolute Gasteiger partial charge is 0.478 e. The van der Waals surface area contributed by atoms with Crippen molar-refractivity contribution in [2.24, 2.45) is 0 Å². The van der Waals surface area contributed by atoms with Crippen molar-refractivity contribution in [3.8, 4) is 11.1 Å². The van der Waals surface area contributed by atoms with E-state index in [4.69, 9.17) is 0 Å². The first-order valence-electron chi connectivity index (χ1n) is 7.78. The molecule has 2 aromatic rings. The molecule has 1 aromatic carbocycles. The number of aromatic carboxylic acids is 1. The third kappa shape index (κ3) is 3.19. The monoisotopic (exact) mass is 312 g/mol. The zero-order chi connectivity index (χ0) is 16.4. The Hall–Kier alpha value is -2.40. The second-order valence-electron chi connectivity index (χ2n) is 5.93. The first-order chi connectivity index (χ1) is 11.1. The molecule has 2 heterocycles. The quantitative estimate of drug-likeness (QED) is 0.911. The van der Waals surface area contributed by atoms with Gasteiger partial charge in [-0.05, 0) is 37.0 Å². The molecule has 5 heteroatoms. The van der Waals surface area contributed by atoms with Gasteiger partial charge >= 0.3 is 5.97 Å². The highest BCUT2D eigenvalue weighted by Crippen LogP contribution is 2.30. The highest BCUT2D eigenvalue weighted by molar-refractivity contribution is 5.96. The summed E-state index contributed by atoms with van der Waals surface area (Å²) >= 11 is 0. The van der Waals surface area contributed by atoms with Gasteiger partial charge in [0, 0.05) is 24.8 Å². The predicted octanol–water partition coefficient (Wildman–Crippen LogP) is 2.72. The van der Waals surface area contributed by atoms with Gasteiger partial charge in [-0.15, -0.1) is 0 Å². The lowest BCUT2D eigenvalue weighted by molar-refractivity contribution is 0.0697. The second kappa shape index (κ2) is 6.38. The number of hydrogen-bond donors (Lipinski definition) is 2. The molecule has 1 aliphatic rings. The third-order valence-electron chi connectivity index (χ3n) is 4.34. The molecule has 3 rings (SSSR count). The first-order valence-corrected chi connectivity index (χ1v) is 7.78. The van der Waals surface area contributed by atoms with Crippen molar-refractivity contribution in [2.45, 2.75) is 25.9 Å². The number of aliphatic hydroxyl groups is 1. The molecule has 23 heavy (non-hydrogen) atoms. The highest BCUT2D eigenvalue weighted by atomic mass is 16.4. The molecule has 0 spiro atoms. The van der Waals surface area contributed by atoms with Crippen LogP contribution in [0.4, 0.5) is 5.82 Å². The molecule has 1 aromatic heterocycles. The fourth-order valence-corrected chi connectivity index (χ4v) is 2.98. The molecular weight excluding hydrogens is 292 g/mol. The van der Waals surface area contributed by atoms with Gasteiger partial charge in [0.15, 0.2) is 0 Å². The van der Waals surface area contributed by atoms with Crippen molar-refractivity contribution in [3.63, 3.8) is 0 Å². The fraction of sp³-hybridized carbons (Fsp3) is 0.333. The Morgan fingerprint density at radius 2 is 1.91 bits per heavy atom. The van der Waals surface area contributed by atoms with Crippen molar-refractivity contribution >= 4 is 11.8 Å². The molecule has 5 nitrogen and oxygen atoms in total. The predicted molar refractivity (Wildman–Crippen MR) is 88.8 cm³/mol. The van der Waals surface area contributed by atoms with Gasteiger partial charge in [0.1, 0.15) is 5.82 Å². The van der Waals surface area contributed by atoms with E-state index in [1.165, 1.54) is 6.20 Å². The van der Waals surface area contributed by atoms with E-state index >= 15 is 0 Å². The van der Waals surface area contributed by atoms with Crippen LogP contribution < -0.4 is 4.90 Å². The number of aliphatic hydroxyl groups excluding tert-OH is 1. The van der Waals surface area contributed by atoms with Crippen LogP contribution in [0.2, 0.25) is 0 Å². The Kier molecular flexibility index (Phi) is 4.30. The number of pyridine rings is 1. The Bertz CT molecular complexity index is 722.